The molecular weight excluding hydrogens is 381 g/mol. The molecule has 0 saturated carbocycles. The molecule has 118 valence electrons. The molecule has 1 atom stereocenters. The van der Waals surface area contributed by atoms with Crippen LogP contribution in [0.2, 0.25) is 0 Å². The molecule has 1 aromatic carbocycles. The summed E-state index contributed by atoms with van der Waals surface area (Å²) in [6, 6.07) is 9.64. The number of rotatable bonds is 7. The SMILES string of the molecule is CC(C)(C)OC[C@@H](I)CCNC(=O)OCc1ccccc1. The fourth-order valence-corrected chi connectivity index (χ4v) is 2.02. The lowest BCUT2D eigenvalue weighted by Gasteiger charge is -2.21. The number of carbonyl (C=O) groups is 1. The van der Waals surface area contributed by atoms with Crippen molar-refractivity contribution in [3.8, 4) is 0 Å². The van der Waals surface area contributed by atoms with Crippen LogP contribution in [0.5, 0.6) is 0 Å². The number of nitrogens with one attached hydrogen (secondary N) is 1. The largest absolute Gasteiger partial charge is 0.445 e. The first-order valence-corrected chi connectivity index (χ1v) is 8.34. The molecule has 1 rings (SSSR count). The average molecular weight is 405 g/mol. The molecule has 1 amide bonds. The Bertz CT molecular complexity index is 417. The first kappa shape index (κ1) is 18.2. The maximum atomic E-state index is 11.5. The highest BCUT2D eigenvalue weighted by Crippen LogP contribution is 2.12. The number of hydrogen-bond donors (Lipinski definition) is 1. The molecule has 1 N–H and O–H groups in total. The van der Waals surface area contributed by atoms with Crippen LogP contribution >= 0.6 is 22.6 Å². The molecular formula is C16H24INO3. The van der Waals surface area contributed by atoms with E-state index in [-0.39, 0.29) is 11.7 Å². The molecule has 0 aliphatic carbocycles. The zero-order valence-electron chi connectivity index (χ0n) is 12.9. The lowest BCUT2D eigenvalue weighted by Crippen LogP contribution is -2.29. The fraction of sp³-hybridized carbons (Fsp3) is 0.562. The van der Waals surface area contributed by atoms with Crippen molar-refractivity contribution in [3.05, 3.63) is 35.9 Å². The standard InChI is InChI=1S/C16H24INO3/c1-16(2,3)21-12-14(17)9-10-18-15(19)20-11-13-7-5-4-6-8-13/h4-8,14H,9-12H2,1-3H3,(H,18,19)/t14-/m0/s1. The van der Waals surface area contributed by atoms with Gasteiger partial charge in [0.1, 0.15) is 6.61 Å². The van der Waals surface area contributed by atoms with Crippen molar-refractivity contribution in [2.24, 2.45) is 0 Å². The number of alkyl halides is 1. The van der Waals surface area contributed by atoms with Gasteiger partial charge in [0.15, 0.2) is 0 Å². The van der Waals surface area contributed by atoms with Crippen LogP contribution in [-0.4, -0.2) is 28.8 Å². The second-order valence-corrected chi connectivity index (χ2v) is 7.56. The number of alkyl carbamates (subject to hydrolysis) is 1. The Hall–Kier alpha value is -0.820. The molecule has 5 heteroatoms. The second kappa shape index (κ2) is 9.25. The molecule has 0 radical (unpaired) electrons. The minimum Gasteiger partial charge on any atom is -0.445 e. The Morgan fingerprint density at radius 3 is 2.57 bits per heavy atom. The van der Waals surface area contributed by atoms with Crippen LogP contribution in [0.25, 0.3) is 0 Å². The minimum atomic E-state index is -0.376. The predicted molar refractivity (Wildman–Crippen MR) is 92.8 cm³/mol. The molecule has 0 bridgehead atoms. The summed E-state index contributed by atoms with van der Waals surface area (Å²) in [6.45, 7) is 7.69. The third-order valence-corrected chi connectivity index (χ3v) is 3.62. The normalized spacial score (nSPS) is 12.8. The van der Waals surface area contributed by atoms with Gasteiger partial charge in [0.05, 0.1) is 12.2 Å². The number of benzene rings is 1. The molecule has 0 saturated heterocycles. The molecule has 21 heavy (non-hydrogen) atoms. The lowest BCUT2D eigenvalue weighted by atomic mass is 10.2. The van der Waals surface area contributed by atoms with Gasteiger partial charge in [-0.05, 0) is 32.8 Å². The van der Waals surface area contributed by atoms with Crippen molar-refractivity contribution < 1.29 is 14.3 Å². The van der Waals surface area contributed by atoms with E-state index < -0.39 is 0 Å². The number of carbonyl (C=O) groups excluding carboxylic acids is 1. The third-order valence-electron chi connectivity index (χ3n) is 2.64. The van der Waals surface area contributed by atoms with Gasteiger partial charge in [-0.25, -0.2) is 4.79 Å². The van der Waals surface area contributed by atoms with Crippen LogP contribution in [0.15, 0.2) is 30.3 Å². The summed E-state index contributed by atoms with van der Waals surface area (Å²) in [5.74, 6) is 0. The topological polar surface area (TPSA) is 47.6 Å². The van der Waals surface area contributed by atoms with Crippen molar-refractivity contribution in [1.29, 1.82) is 0 Å². The summed E-state index contributed by atoms with van der Waals surface area (Å²) >= 11 is 2.34. The zero-order valence-corrected chi connectivity index (χ0v) is 15.1. The van der Waals surface area contributed by atoms with E-state index >= 15 is 0 Å². The van der Waals surface area contributed by atoms with Gasteiger partial charge in [-0.2, -0.15) is 0 Å². The van der Waals surface area contributed by atoms with Crippen LogP contribution in [-0.2, 0) is 16.1 Å². The van der Waals surface area contributed by atoms with E-state index in [4.69, 9.17) is 9.47 Å². The predicted octanol–water partition coefficient (Wildman–Crippen LogP) is 3.92. The lowest BCUT2D eigenvalue weighted by molar-refractivity contribution is -0.000898. The third kappa shape index (κ3) is 9.68. The fourth-order valence-electron chi connectivity index (χ4n) is 1.53. The molecule has 0 heterocycles. The van der Waals surface area contributed by atoms with Gasteiger partial charge in [0.2, 0.25) is 0 Å². The van der Waals surface area contributed by atoms with Crippen LogP contribution in [0.1, 0.15) is 32.8 Å². The Balaban J connectivity index is 2.10. The highest BCUT2D eigenvalue weighted by Gasteiger charge is 2.13. The minimum absolute atomic E-state index is 0.120. The van der Waals surface area contributed by atoms with Gasteiger partial charge in [-0.15, -0.1) is 0 Å². The van der Waals surface area contributed by atoms with Crippen LogP contribution in [0, 0.1) is 0 Å². The summed E-state index contributed by atoms with van der Waals surface area (Å²) in [6.07, 6.45) is 0.482. The van der Waals surface area contributed by atoms with Crippen molar-refractivity contribution in [1.82, 2.24) is 5.32 Å². The summed E-state index contributed by atoms with van der Waals surface area (Å²) in [4.78, 5) is 11.5. The van der Waals surface area contributed by atoms with E-state index in [0.717, 1.165) is 12.0 Å². The van der Waals surface area contributed by atoms with Gasteiger partial charge < -0.3 is 14.8 Å². The summed E-state index contributed by atoms with van der Waals surface area (Å²) in [5.41, 5.74) is 0.865. The Labute approximate surface area is 140 Å². The van der Waals surface area contributed by atoms with E-state index in [9.17, 15) is 4.79 Å². The maximum Gasteiger partial charge on any atom is 0.407 e. The molecule has 4 nitrogen and oxygen atoms in total. The first-order chi connectivity index (χ1) is 9.87. The molecule has 0 aromatic heterocycles. The number of halogens is 1. The monoisotopic (exact) mass is 405 g/mol. The van der Waals surface area contributed by atoms with Crippen molar-refractivity contribution in [2.75, 3.05) is 13.2 Å². The van der Waals surface area contributed by atoms with Crippen molar-refractivity contribution in [3.63, 3.8) is 0 Å². The Kier molecular flexibility index (Phi) is 8.03. The Morgan fingerprint density at radius 1 is 1.29 bits per heavy atom. The van der Waals surface area contributed by atoms with Crippen molar-refractivity contribution >= 4 is 28.7 Å². The van der Waals surface area contributed by atoms with Crippen molar-refractivity contribution in [2.45, 2.75) is 43.3 Å². The van der Waals surface area contributed by atoms with Crippen LogP contribution in [0.3, 0.4) is 0 Å². The summed E-state index contributed by atoms with van der Waals surface area (Å²) in [5, 5.41) is 2.76. The van der Waals surface area contributed by atoms with E-state index in [2.05, 4.69) is 27.9 Å². The summed E-state index contributed by atoms with van der Waals surface area (Å²) < 4.78 is 11.2. The molecule has 0 spiro atoms. The van der Waals surface area contributed by atoms with Gasteiger partial charge in [0, 0.05) is 10.5 Å². The highest BCUT2D eigenvalue weighted by atomic mass is 127. The van der Waals surface area contributed by atoms with Gasteiger partial charge >= 0.3 is 6.09 Å². The van der Waals surface area contributed by atoms with Crippen LogP contribution < -0.4 is 5.32 Å². The van der Waals surface area contributed by atoms with Gasteiger partial charge in [0.25, 0.3) is 0 Å². The second-order valence-electron chi connectivity index (χ2n) is 5.80. The molecule has 0 fully saturated rings. The molecule has 0 unspecified atom stereocenters. The highest BCUT2D eigenvalue weighted by molar-refractivity contribution is 14.1. The number of ether oxygens (including phenoxy) is 2. The van der Waals surface area contributed by atoms with E-state index in [1.54, 1.807) is 0 Å². The zero-order chi connectivity index (χ0) is 15.7. The van der Waals surface area contributed by atoms with Gasteiger partial charge in [-0.3, -0.25) is 0 Å². The molecule has 0 aliphatic heterocycles. The van der Waals surface area contributed by atoms with E-state index in [0.29, 0.717) is 23.7 Å². The quantitative estimate of drug-likeness (QED) is 0.553. The Morgan fingerprint density at radius 2 is 1.95 bits per heavy atom. The molecule has 0 aliphatic rings. The van der Waals surface area contributed by atoms with E-state index in [1.807, 2.05) is 51.1 Å². The summed E-state index contributed by atoms with van der Waals surface area (Å²) in [7, 11) is 0. The van der Waals surface area contributed by atoms with E-state index in [1.165, 1.54) is 0 Å². The first-order valence-electron chi connectivity index (χ1n) is 7.09. The smallest absolute Gasteiger partial charge is 0.407 e. The number of amides is 1. The maximum absolute atomic E-state index is 11.5. The average Bonchev–Trinajstić information content (AvgIpc) is 2.43. The van der Waals surface area contributed by atoms with Gasteiger partial charge in [-0.1, -0.05) is 52.9 Å². The van der Waals surface area contributed by atoms with Crippen LogP contribution in [0.4, 0.5) is 4.79 Å². The molecule has 1 aromatic rings. The number of hydrogen-bond acceptors (Lipinski definition) is 3.